The molecule has 0 spiro atoms. The fraction of sp³-hybridized carbons (Fsp3) is 0.200. The van der Waals surface area contributed by atoms with Crippen LogP contribution in [0.4, 0.5) is 15.8 Å². The molecule has 3 aromatic rings. The van der Waals surface area contributed by atoms with Gasteiger partial charge in [0.25, 0.3) is 0 Å². The van der Waals surface area contributed by atoms with Crippen LogP contribution in [0.15, 0.2) is 41.0 Å². The zero-order chi connectivity index (χ0) is 16.4. The number of non-ortho nitro benzene ring substituents is 1. The Morgan fingerprint density at radius 2 is 1.87 bits per heavy atom. The largest absolute Gasteiger partial charge is 0.366 e. The monoisotopic (exact) mass is 316 g/mol. The van der Waals surface area contributed by atoms with Crippen molar-refractivity contribution in [2.24, 2.45) is 0 Å². The molecule has 0 N–H and O–H groups in total. The Bertz CT molecular complexity index is 848. The lowest BCUT2D eigenvalue weighted by molar-refractivity contribution is -0.383. The first-order chi connectivity index (χ1) is 11.1. The van der Waals surface area contributed by atoms with Gasteiger partial charge >= 0.3 is 5.69 Å². The van der Waals surface area contributed by atoms with Crippen LogP contribution in [0.25, 0.3) is 11.0 Å². The van der Waals surface area contributed by atoms with E-state index in [1.807, 2.05) is 11.8 Å². The molecular formula is C15H13FN4O3. The lowest BCUT2D eigenvalue weighted by Crippen LogP contribution is -2.22. The minimum Gasteiger partial charge on any atom is -0.366 e. The van der Waals surface area contributed by atoms with E-state index in [0.717, 1.165) is 5.56 Å². The highest BCUT2D eigenvalue weighted by atomic mass is 19.1. The average molecular weight is 316 g/mol. The van der Waals surface area contributed by atoms with Gasteiger partial charge in [0.15, 0.2) is 5.52 Å². The van der Waals surface area contributed by atoms with Crippen molar-refractivity contribution < 1.29 is 13.9 Å². The van der Waals surface area contributed by atoms with Crippen molar-refractivity contribution in [1.29, 1.82) is 0 Å². The van der Waals surface area contributed by atoms with Crippen LogP contribution in [-0.4, -0.2) is 21.8 Å². The van der Waals surface area contributed by atoms with Crippen LogP contribution in [0.5, 0.6) is 0 Å². The summed E-state index contributed by atoms with van der Waals surface area (Å²) in [5.41, 5.74) is 1.89. The molecule has 0 saturated carbocycles. The second-order valence-corrected chi connectivity index (χ2v) is 4.96. The van der Waals surface area contributed by atoms with E-state index in [-0.39, 0.29) is 17.0 Å². The Morgan fingerprint density at radius 3 is 2.52 bits per heavy atom. The van der Waals surface area contributed by atoms with Crippen molar-refractivity contribution in [2.45, 2.75) is 13.5 Å². The number of aromatic nitrogens is 2. The molecule has 118 valence electrons. The number of halogens is 1. The predicted octanol–water partition coefficient (Wildman–Crippen LogP) is 3.30. The molecule has 0 fully saturated rings. The highest BCUT2D eigenvalue weighted by Gasteiger charge is 2.22. The maximum Gasteiger partial charge on any atom is 0.300 e. The van der Waals surface area contributed by atoms with Crippen LogP contribution in [-0.2, 0) is 6.54 Å². The SMILES string of the molecule is CCN(Cc1ccc(F)cc1)c1ccc([N+](=O)[O-])c2nonc12. The minimum atomic E-state index is -0.521. The number of rotatable bonds is 5. The van der Waals surface area contributed by atoms with Crippen molar-refractivity contribution >= 4 is 22.4 Å². The summed E-state index contributed by atoms with van der Waals surface area (Å²) in [7, 11) is 0. The minimum absolute atomic E-state index is 0.116. The van der Waals surface area contributed by atoms with E-state index < -0.39 is 4.92 Å². The summed E-state index contributed by atoms with van der Waals surface area (Å²) in [6, 6.07) is 9.19. The lowest BCUT2D eigenvalue weighted by atomic mass is 10.1. The highest BCUT2D eigenvalue weighted by Crippen LogP contribution is 2.31. The van der Waals surface area contributed by atoms with E-state index in [4.69, 9.17) is 0 Å². The molecule has 0 atom stereocenters. The fourth-order valence-electron chi connectivity index (χ4n) is 2.42. The molecule has 0 amide bonds. The van der Waals surface area contributed by atoms with E-state index in [1.165, 1.54) is 18.2 Å². The number of benzene rings is 2. The van der Waals surface area contributed by atoms with E-state index in [2.05, 4.69) is 14.9 Å². The Hall–Kier alpha value is -3.03. The summed E-state index contributed by atoms with van der Waals surface area (Å²) in [6.45, 7) is 3.10. The van der Waals surface area contributed by atoms with Crippen molar-refractivity contribution in [3.63, 3.8) is 0 Å². The molecule has 0 aliphatic rings. The summed E-state index contributed by atoms with van der Waals surface area (Å²) in [4.78, 5) is 12.5. The molecule has 1 heterocycles. The van der Waals surface area contributed by atoms with Crippen molar-refractivity contribution in [3.8, 4) is 0 Å². The first-order valence-electron chi connectivity index (χ1n) is 6.99. The highest BCUT2D eigenvalue weighted by molar-refractivity contribution is 5.93. The molecule has 0 bridgehead atoms. The molecule has 2 aromatic carbocycles. The topological polar surface area (TPSA) is 85.3 Å². The van der Waals surface area contributed by atoms with Gasteiger partial charge in [0.05, 0.1) is 10.6 Å². The third-order valence-corrected chi connectivity index (χ3v) is 3.58. The van der Waals surface area contributed by atoms with Gasteiger partial charge in [-0.25, -0.2) is 9.02 Å². The van der Waals surface area contributed by atoms with E-state index >= 15 is 0 Å². The number of fused-ring (bicyclic) bond motifs is 1. The molecule has 3 rings (SSSR count). The van der Waals surface area contributed by atoms with Gasteiger partial charge < -0.3 is 4.90 Å². The Labute approximate surface area is 130 Å². The van der Waals surface area contributed by atoms with Crippen molar-refractivity contribution in [2.75, 3.05) is 11.4 Å². The van der Waals surface area contributed by atoms with Gasteiger partial charge in [0, 0.05) is 19.2 Å². The zero-order valence-corrected chi connectivity index (χ0v) is 12.3. The molecule has 8 heteroatoms. The van der Waals surface area contributed by atoms with Gasteiger partial charge in [0.1, 0.15) is 5.82 Å². The van der Waals surface area contributed by atoms with Crippen LogP contribution >= 0.6 is 0 Å². The van der Waals surface area contributed by atoms with Crippen LogP contribution in [0.2, 0.25) is 0 Å². The number of anilines is 1. The molecule has 1 aromatic heterocycles. The molecule has 7 nitrogen and oxygen atoms in total. The number of hydrogen-bond donors (Lipinski definition) is 0. The second-order valence-electron chi connectivity index (χ2n) is 4.96. The lowest BCUT2D eigenvalue weighted by Gasteiger charge is -2.23. The molecular weight excluding hydrogens is 303 g/mol. The van der Waals surface area contributed by atoms with Gasteiger partial charge in [-0.05, 0) is 41.0 Å². The van der Waals surface area contributed by atoms with Gasteiger partial charge in [0.2, 0.25) is 5.52 Å². The smallest absolute Gasteiger partial charge is 0.300 e. The van der Waals surface area contributed by atoms with Crippen molar-refractivity contribution in [3.05, 3.63) is 57.9 Å². The quantitative estimate of drug-likeness (QED) is 0.530. The Morgan fingerprint density at radius 1 is 1.17 bits per heavy atom. The van der Waals surface area contributed by atoms with Crippen LogP contribution in [0.1, 0.15) is 12.5 Å². The standard InChI is InChI=1S/C15H13FN4O3/c1-2-19(9-10-3-5-11(16)6-4-10)12-7-8-13(20(21)22)15-14(12)17-23-18-15/h3-8H,2,9H2,1H3. The first kappa shape index (κ1) is 14.9. The number of nitrogens with zero attached hydrogens (tertiary/aromatic N) is 4. The zero-order valence-electron chi connectivity index (χ0n) is 12.3. The van der Waals surface area contributed by atoms with Gasteiger partial charge in [-0.2, -0.15) is 0 Å². The third-order valence-electron chi connectivity index (χ3n) is 3.58. The third kappa shape index (κ3) is 2.83. The van der Waals surface area contributed by atoms with Crippen LogP contribution in [0.3, 0.4) is 0 Å². The van der Waals surface area contributed by atoms with Gasteiger partial charge in [-0.3, -0.25) is 10.1 Å². The molecule has 0 aliphatic carbocycles. The molecule has 0 unspecified atom stereocenters. The number of hydrogen-bond acceptors (Lipinski definition) is 6. The van der Waals surface area contributed by atoms with E-state index in [1.54, 1.807) is 18.2 Å². The summed E-state index contributed by atoms with van der Waals surface area (Å²) in [5.74, 6) is -0.296. The summed E-state index contributed by atoms with van der Waals surface area (Å²) < 4.78 is 17.7. The predicted molar refractivity (Wildman–Crippen MR) is 81.6 cm³/mol. The van der Waals surface area contributed by atoms with Crippen LogP contribution in [0, 0.1) is 15.9 Å². The molecule has 0 radical (unpaired) electrons. The van der Waals surface area contributed by atoms with Crippen LogP contribution < -0.4 is 4.90 Å². The summed E-state index contributed by atoms with van der Waals surface area (Å²) in [6.07, 6.45) is 0. The maximum atomic E-state index is 13.0. The Balaban J connectivity index is 2.00. The number of nitro groups is 1. The fourth-order valence-corrected chi connectivity index (χ4v) is 2.42. The van der Waals surface area contributed by atoms with E-state index in [9.17, 15) is 14.5 Å². The molecule has 0 saturated heterocycles. The number of nitro benzene ring substituents is 1. The maximum absolute atomic E-state index is 13.0. The summed E-state index contributed by atoms with van der Waals surface area (Å²) in [5, 5.41) is 18.5. The molecule has 23 heavy (non-hydrogen) atoms. The molecule has 0 aliphatic heterocycles. The Kier molecular flexibility index (Phi) is 3.88. The van der Waals surface area contributed by atoms with E-state index in [0.29, 0.717) is 24.3 Å². The second kappa shape index (κ2) is 5.99. The van der Waals surface area contributed by atoms with Gasteiger partial charge in [-0.1, -0.05) is 12.1 Å². The summed E-state index contributed by atoms with van der Waals surface area (Å²) >= 11 is 0. The first-order valence-corrected chi connectivity index (χ1v) is 6.99. The van der Waals surface area contributed by atoms with Gasteiger partial charge in [-0.15, -0.1) is 0 Å². The normalized spacial score (nSPS) is 10.9. The average Bonchev–Trinajstić information content (AvgIpc) is 3.03. The van der Waals surface area contributed by atoms with Crippen molar-refractivity contribution in [1.82, 2.24) is 10.3 Å².